The summed E-state index contributed by atoms with van der Waals surface area (Å²) in [5.41, 5.74) is 1.17. The molecule has 0 unspecified atom stereocenters. The van der Waals surface area contributed by atoms with Crippen LogP contribution in [0.3, 0.4) is 0 Å². The summed E-state index contributed by atoms with van der Waals surface area (Å²) in [5.74, 6) is -0.126. The zero-order valence-corrected chi connectivity index (χ0v) is 14.6. The Bertz CT molecular complexity index is 1030. The maximum atomic E-state index is 11.4. The van der Waals surface area contributed by atoms with Gasteiger partial charge < -0.3 is 20.2 Å². The van der Waals surface area contributed by atoms with E-state index in [-0.39, 0.29) is 5.56 Å². The van der Waals surface area contributed by atoms with E-state index in [1.54, 1.807) is 30.3 Å². The van der Waals surface area contributed by atoms with Crippen LogP contribution >= 0.6 is 15.9 Å². The number of hydrogen-bond acceptors (Lipinski definition) is 6. The number of pyridine rings is 1. The summed E-state index contributed by atoms with van der Waals surface area (Å²) in [6.45, 7) is 0. The van der Waals surface area contributed by atoms with Crippen LogP contribution in [-0.4, -0.2) is 17.0 Å². The Kier molecular flexibility index (Phi) is 4.50. The van der Waals surface area contributed by atoms with Gasteiger partial charge in [0.1, 0.15) is 6.07 Å². The fourth-order valence-electron chi connectivity index (χ4n) is 2.49. The lowest BCUT2D eigenvalue weighted by Gasteiger charge is -2.12. The van der Waals surface area contributed by atoms with E-state index < -0.39 is 10.7 Å². The second kappa shape index (κ2) is 6.75. The molecule has 25 heavy (non-hydrogen) atoms. The first-order valence-corrected chi connectivity index (χ1v) is 7.92. The summed E-state index contributed by atoms with van der Waals surface area (Å²) in [5, 5.41) is 24.5. The molecule has 3 rings (SSSR count). The molecule has 0 saturated carbocycles. The fraction of sp³-hybridized carbons (Fsp3) is 0.0588. The molecule has 0 fully saturated rings. The van der Waals surface area contributed by atoms with Crippen LogP contribution in [0.4, 0.5) is 17.2 Å². The Morgan fingerprint density at radius 1 is 1.32 bits per heavy atom. The number of fused-ring (bicyclic) bond motifs is 1. The standard InChI is InChI=1S/C17H11BrN4O3/c1-25-14-7-3-6-12-15(20-11-5-2-4-10(18)8-11)13(9-19)17(22(23)24)21-16(12)14/h2-8H,1H3,(H,20,21). The van der Waals surface area contributed by atoms with Gasteiger partial charge in [-0.3, -0.25) is 0 Å². The summed E-state index contributed by atoms with van der Waals surface area (Å²) < 4.78 is 6.09. The monoisotopic (exact) mass is 398 g/mol. The SMILES string of the molecule is COc1cccc2c(Nc3cccc(Br)c3)c(C#N)c([N+](=O)[O-])nc12. The maximum absolute atomic E-state index is 11.4. The number of nitro groups is 1. The average Bonchev–Trinajstić information content (AvgIpc) is 2.60. The average molecular weight is 399 g/mol. The lowest BCUT2D eigenvalue weighted by molar-refractivity contribution is -0.389. The van der Waals surface area contributed by atoms with Crippen LogP contribution in [0.25, 0.3) is 10.9 Å². The molecule has 3 aromatic rings. The van der Waals surface area contributed by atoms with Crippen molar-refractivity contribution in [2.45, 2.75) is 0 Å². The van der Waals surface area contributed by atoms with Gasteiger partial charge >= 0.3 is 5.82 Å². The van der Waals surface area contributed by atoms with Crippen molar-refractivity contribution in [2.24, 2.45) is 0 Å². The molecular formula is C17H11BrN4O3. The van der Waals surface area contributed by atoms with Crippen molar-refractivity contribution in [1.29, 1.82) is 5.26 Å². The van der Waals surface area contributed by atoms with Crippen molar-refractivity contribution in [3.05, 3.63) is 62.6 Å². The Labute approximate surface area is 151 Å². The molecule has 0 amide bonds. The smallest absolute Gasteiger partial charge is 0.384 e. The quantitative estimate of drug-likeness (QED) is 0.511. The Balaban J connectivity index is 2.34. The van der Waals surface area contributed by atoms with Crippen molar-refractivity contribution in [2.75, 3.05) is 12.4 Å². The molecule has 1 N–H and O–H groups in total. The van der Waals surface area contributed by atoms with Crippen molar-refractivity contribution in [3.8, 4) is 11.8 Å². The van der Waals surface area contributed by atoms with Gasteiger partial charge in [-0.1, -0.05) is 28.1 Å². The maximum Gasteiger partial charge on any atom is 0.384 e. The van der Waals surface area contributed by atoms with Crippen molar-refractivity contribution >= 4 is 44.0 Å². The zero-order chi connectivity index (χ0) is 18.0. The molecule has 7 nitrogen and oxygen atoms in total. The van der Waals surface area contributed by atoms with Gasteiger partial charge in [0.2, 0.25) is 5.52 Å². The highest BCUT2D eigenvalue weighted by molar-refractivity contribution is 9.10. The van der Waals surface area contributed by atoms with E-state index in [0.29, 0.717) is 28.0 Å². The molecule has 0 aliphatic rings. The predicted octanol–water partition coefficient (Wildman–Crippen LogP) is 4.53. The van der Waals surface area contributed by atoms with Crippen LogP contribution in [0.1, 0.15) is 5.56 Å². The molecule has 0 radical (unpaired) electrons. The van der Waals surface area contributed by atoms with Gasteiger partial charge in [0, 0.05) is 10.2 Å². The highest BCUT2D eigenvalue weighted by Gasteiger charge is 2.26. The second-order valence-electron chi connectivity index (χ2n) is 5.05. The number of aromatic nitrogens is 1. The Hall–Kier alpha value is -3.18. The largest absolute Gasteiger partial charge is 0.492 e. The molecular weight excluding hydrogens is 388 g/mol. The predicted molar refractivity (Wildman–Crippen MR) is 97.1 cm³/mol. The minimum Gasteiger partial charge on any atom is -0.492 e. The number of nitrogens with one attached hydrogen (secondary N) is 1. The van der Waals surface area contributed by atoms with Crippen LogP contribution in [0.15, 0.2) is 46.9 Å². The van der Waals surface area contributed by atoms with Gasteiger partial charge in [-0.15, -0.1) is 0 Å². The molecule has 124 valence electrons. The number of methoxy groups -OCH3 is 1. The van der Waals surface area contributed by atoms with Crippen LogP contribution < -0.4 is 10.1 Å². The Morgan fingerprint density at radius 2 is 2.08 bits per heavy atom. The van der Waals surface area contributed by atoms with Gasteiger partial charge in [-0.2, -0.15) is 5.26 Å². The number of para-hydroxylation sites is 1. The first kappa shape index (κ1) is 16.7. The third-order valence-electron chi connectivity index (χ3n) is 3.56. The van der Waals surface area contributed by atoms with E-state index in [2.05, 4.69) is 26.2 Å². The fourth-order valence-corrected chi connectivity index (χ4v) is 2.89. The first-order valence-electron chi connectivity index (χ1n) is 7.13. The van der Waals surface area contributed by atoms with Gasteiger partial charge in [0.15, 0.2) is 11.3 Å². The van der Waals surface area contributed by atoms with Crippen molar-refractivity contribution in [3.63, 3.8) is 0 Å². The number of nitriles is 1. The van der Waals surface area contributed by atoms with Gasteiger partial charge in [0.05, 0.1) is 18.2 Å². The first-order chi connectivity index (χ1) is 12.0. The van der Waals surface area contributed by atoms with E-state index in [0.717, 1.165) is 4.47 Å². The summed E-state index contributed by atoms with van der Waals surface area (Å²) in [6, 6.07) is 14.3. The topological polar surface area (TPSA) is 101 Å². The second-order valence-corrected chi connectivity index (χ2v) is 5.96. The van der Waals surface area contributed by atoms with E-state index in [9.17, 15) is 15.4 Å². The molecule has 0 aliphatic carbocycles. The number of halogens is 1. The van der Waals surface area contributed by atoms with E-state index in [1.807, 2.05) is 18.2 Å². The normalized spacial score (nSPS) is 10.3. The molecule has 8 heteroatoms. The third kappa shape index (κ3) is 3.09. The van der Waals surface area contributed by atoms with Gasteiger partial charge in [0.25, 0.3) is 0 Å². The van der Waals surface area contributed by atoms with Crippen molar-refractivity contribution in [1.82, 2.24) is 4.98 Å². The molecule has 0 atom stereocenters. The Morgan fingerprint density at radius 3 is 2.72 bits per heavy atom. The molecule has 0 aliphatic heterocycles. The molecule has 1 heterocycles. The lowest BCUT2D eigenvalue weighted by Crippen LogP contribution is -2.03. The molecule has 2 aromatic carbocycles. The summed E-state index contributed by atoms with van der Waals surface area (Å²) in [7, 11) is 1.46. The number of anilines is 2. The highest BCUT2D eigenvalue weighted by Crippen LogP contribution is 2.37. The molecule has 0 spiro atoms. The lowest BCUT2D eigenvalue weighted by atomic mass is 10.1. The molecule has 1 aromatic heterocycles. The minimum absolute atomic E-state index is 0.134. The summed E-state index contributed by atoms with van der Waals surface area (Å²) >= 11 is 3.38. The van der Waals surface area contributed by atoms with Gasteiger partial charge in [-0.25, -0.2) is 0 Å². The van der Waals surface area contributed by atoms with Gasteiger partial charge in [-0.05, 0) is 40.2 Å². The zero-order valence-electron chi connectivity index (χ0n) is 13.0. The summed E-state index contributed by atoms with van der Waals surface area (Å²) in [6.07, 6.45) is 0. The van der Waals surface area contributed by atoms with Crippen LogP contribution in [0, 0.1) is 21.4 Å². The van der Waals surface area contributed by atoms with Crippen LogP contribution in [-0.2, 0) is 0 Å². The number of rotatable bonds is 4. The van der Waals surface area contributed by atoms with Crippen LogP contribution in [0.5, 0.6) is 5.75 Å². The van der Waals surface area contributed by atoms with E-state index in [1.165, 1.54) is 7.11 Å². The van der Waals surface area contributed by atoms with Crippen LogP contribution in [0.2, 0.25) is 0 Å². The summed E-state index contributed by atoms with van der Waals surface area (Å²) in [4.78, 5) is 14.8. The van der Waals surface area contributed by atoms with Crippen molar-refractivity contribution < 1.29 is 9.66 Å². The molecule has 0 bridgehead atoms. The number of benzene rings is 2. The van der Waals surface area contributed by atoms with E-state index in [4.69, 9.17) is 4.74 Å². The number of nitrogens with zero attached hydrogens (tertiary/aromatic N) is 3. The highest BCUT2D eigenvalue weighted by atomic mass is 79.9. The number of hydrogen-bond donors (Lipinski definition) is 1. The third-order valence-corrected chi connectivity index (χ3v) is 4.05. The minimum atomic E-state index is -0.670. The molecule has 0 saturated heterocycles. The number of ether oxygens (including phenoxy) is 1. The van der Waals surface area contributed by atoms with E-state index >= 15 is 0 Å².